The van der Waals surface area contributed by atoms with Crippen molar-refractivity contribution in [3.63, 3.8) is 0 Å². The number of ether oxygens (including phenoxy) is 2. The molecule has 0 aromatic heterocycles. The molecule has 0 bridgehead atoms. The van der Waals surface area contributed by atoms with Crippen molar-refractivity contribution in [3.8, 4) is 11.5 Å². The van der Waals surface area contributed by atoms with E-state index < -0.39 is 0 Å². The third-order valence-corrected chi connectivity index (χ3v) is 5.02. The van der Waals surface area contributed by atoms with E-state index in [-0.39, 0.29) is 25.3 Å². The Morgan fingerprint density at radius 3 is 2.45 bits per heavy atom. The van der Waals surface area contributed by atoms with Crippen LogP contribution in [0.15, 0.2) is 48.5 Å². The number of piperazine rings is 1. The van der Waals surface area contributed by atoms with Crippen molar-refractivity contribution in [2.45, 2.75) is 6.54 Å². The first-order valence-corrected chi connectivity index (χ1v) is 9.67. The Labute approximate surface area is 169 Å². The molecule has 152 valence electrons. The van der Waals surface area contributed by atoms with Crippen LogP contribution in [0, 0.1) is 0 Å². The van der Waals surface area contributed by atoms with E-state index in [1.54, 1.807) is 4.90 Å². The van der Waals surface area contributed by atoms with Crippen LogP contribution in [-0.4, -0.2) is 56.4 Å². The number of nitrogens with one attached hydrogen (secondary N) is 2. The lowest BCUT2D eigenvalue weighted by Gasteiger charge is -2.36. The molecule has 2 aromatic carbocycles. The lowest BCUT2D eigenvalue weighted by molar-refractivity contribution is -0.120. The van der Waals surface area contributed by atoms with E-state index >= 15 is 0 Å². The second-order valence-corrected chi connectivity index (χ2v) is 6.93. The van der Waals surface area contributed by atoms with Gasteiger partial charge in [0.2, 0.25) is 12.7 Å². The van der Waals surface area contributed by atoms with Gasteiger partial charge < -0.3 is 29.9 Å². The molecule has 4 rings (SSSR count). The van der Waals surface area contributed by atoms with Gasteiger partial charge in [0.05, 0.1) is 6.54 Å². The second-order valence-electron chi connectivity index (χ2n) is 6.93. The maximum Gasteiger partial charge on any atom is 0.317 e. The number of benzene rings is 2. The lowest BCUT2D eigenvalue weighted by Crippen LogP contribution is -2.53. The van der Waals surface area contributed by atoms with Crippen LogP contribution in [0.4, 0.5) is 10.5 Å². The van der Waals surface area contributed by atoms with E-state index in [0.717, 1.165) is 24.3 Å². The summed E-state index contributed by atoms with van der Waals surface area (Å²) in [7, 11) is 0. The zero-order chi connectivity index (χ0) is 20.1. The predicted octanol–water partition coefficient (Wildman–Crippen LogP) is 1.56. The minimum absolute atomic E-state index is 0.0533. The number of anilines is 1. The summed E-state index contributed by atoms with van der Waals surface area (Å²) in [6.45, 7) is 3.32. The first-order valence-electron chi connectivity index (χ1n) is 9.67. The van der Waals surface area contributed by atoms with Gasteiger partial charge >= 0.3 is 6.03 Å². The molecular formula is C21H24N4O4. The van der Waals surface area contributed by atoms with E-state index in [0.29, 0.717) is 31.1 Å². The van der Waals surface area contributed by atoms with E-state index in [2.05, 4.69) is 27.7 Å². The summed E-state index contributed by atoms with van der Waals surface area (Å²) in [4.78, 5) is 28.4. The zero-order valence-electron chi connectivity index (χ0n) is 16.1. The third-order valence-electron chi connectivity index (χ3n) is 5.02. The normalized spacial score (nSPS) is 15.2. The smallest absolute Gasteiger partial charge is 0.317 e. The summed E-state index contributed by atoms with van der Waals surface area (Å²) in [6.07, 6.45) is 0. The average molecular weight is 396 g/mol. The Balaban J connectivity index is 1.17. The molecule has 29 heavy (non-hydrogen) atoms. The molecular weight excluding hydrogens is 372 g/mol. The van der Waals surface area contributed by atoms with Gasteiger partial charge in [-0.2, -0.15) is 0 Å². The van der Waals surface area contributed by atoms with E-state index in [9.17, 15) is 9.59 Å². The zero-order valence-corrected chi connectivity index (χ0v) is 16.1. The Morgan fingerprint density at radius 1 is 0.897 bits per heavy atom. The van der Waals surface area contributed by atoms with Gasteiger partial charge in [-0.25, -0.2) is 4.79 Å². The van der Waals surface area contributed by atoms with Crippen LogP contribution in [-0.2, 0) is 11.3 Å². The molecule has 0 aliphatic carbocycles. The molecule has 1 fully saturated rings. The fourth-order valence-corrected chi connectivity index (χ4v) is 3.39. The summed E-state index contributed by atoms with van der Waals surface area (Å²) >= 11 is 0. The average Bonchev–Trinajstić information content (AvgIpc) is 3.24. The summed E-state index contributed by atoms with van der Waals surface area (Å²) in [5.74, 6) is 1.15. The molecule has 1 saturated heterocycles. The van der Waals surface area contributed by atoms with Gasteiger partial charge in [0.1, 0.15) is 0 Å². The minimum atomic E-state index is -0.237. The minimum Gasteiger partial charge on any atom is -0.454 e. The lowest BCUT2D eigenvalue weighted by atomic mass is 10.2. The number of urea groups is 1. The van der Waals surface area contributed by atoms with Gasteiger partial charge in [0.25, 0.3) is 0 Å². The van der Waals surface area contributed by atoms with Gasteiger partial charge in [0, 0.05) is 38.4 Å². The summed E-state index contributed by atoms with van der Waals surface area (Å²) < 4.78 is 10.6. The van der Waals surface area contributed by atoms with Crippen molar-refractivity contribution in [2.75, 3.05) is 44.4 Å². The van der Waals surface area contributed by atoms with Crippen molar-refractivity contribution >= 4 is 17.6 Å². The fourth-order valence-electron chi connectivity index (χ4n) is 3.39. The number of para-hydroxylation sites is 1. The van der Waals surface area contributed by atoms with Gasteiger partial charge in [0.15, 0.2) is 11.5 Å². The molecule has 0 atom stereocenters. The monoisotopic (exact) mass is 396 g/mol. The first kappa shape index (κ1) is 18.9. The van der Waals surface area contributed by atoms with Crippen molar-refractivity contribution < 1.29 is 19.1 Å². The number of carbonyl (C=O) groups is 2. The molecule has 2 heterocycles. The third kappa shape index (κ3) is 4.71. The SMILES string of the molecule is O=C(CNC(=O)N1CCN(c2ccccc2)CC1)NCc1ccc2c(c1)OCO2. The molecule has 8 heteroatoms. The number of fused-ring (bicyclic) bond motifs is 1. The number of nitrogens with zero attached hydrogens (tertiary/aromatic N) is 2. The molecule has 3 amide bonds. The number of rotatable bonds is 5. The van der Waals surface area contributed by atoms with Crippen molar-refractivity contribution in [2.24, 2.45) is 0 Å². The molecule has 0 unspecified atom stereocenters. The fraction of sp³-hybridized carbons (Fsp3) is 0.333. The van der Waals surface area contributed by atoms with Gasteiger partial charge in [-0.15, -0.1) is 0 Å². The van der Waals surface area contributed by atoms with Crippen LogP contribution in [0.2, 0.25) is 0 Å². The molecule has 2 aromatic rings. The molecule has 2 N–H and O–H groups in total. The van der Waals surface area contributed by atoms with Crippen LogP contribution < -0.4 is 25.0 Å². The van der Waals surface area contributed by atoms with E-state index in [1.165, 1.54) is 0 Å². The highest BCUT2D eigenvalue weighted by atomic mass is 16.7. The standard InChI is InChI=1S/C21H24N4O4/c26-20(22-13-16-6-7-18-19(12-16)29-15-28-18)14-23-21(27)25-10-8-24(9-11-25)17-4-2-1-3-5-17/h1-7,12H,8-11,13-15H2,(H,22,26)(H,23,27). The topological polar surface area (TPSA) is 83.1 Å². The van der Waals surface area contributed by atoms with Crippen LogP contribution in [0.5, 0.6) is 11.5 Å². The second kappa shape index (κ2) is 8.72. The van der Waals surface area contributed by atoms with Crippen LogP contribution in [0.1, 0.15) is 5.56 Å². The Hall–Kier alpha value is -3.42. The number of amides is 3. The molecule has 0 saturated carbocycles. The molecule has 2 aliphatic rings. The Kier molecular flexibility index (Phi) is 5.69. The Morgan fingerprint density at radius 2 is 1.66 bits per heavy atom. The van der Waals surface area contributed by atoms with Crippen molar-refractivity contribution in [1.82, 2.24) is 15.5 Å². The van der Waals surface area contributed by atoms with Crippen LogP contribution >= 0.6 is 0 Å². The van der Waals surface area contributed by atoms with E-state index in [1.807, 2.05) is 36.4 Å². The highest BCUT2D eigenvalue weighted by Gasteiger charge is 2.21. The number of carbonyl (C=O) groups excluding carboxylic acids is 2. The number of hydrogen-bond donors (Lipinski definition) is 2. The molecule has 0 spiro atoms. The summed E-state index contributed by atoms with van der Waals surface area (Å²) in [6, 6.07) is 15.5. The Bertz CT molecular complexity index is 866. The van der Waals surface area contributed by atoms with E-state index in [4.69, 9.17) is 9.47 Å². The maximum absolute atomic E-state index is 12.3. The van der Waals surface area contributed by atoms with Gasteiger partial charge in [-0.05, 0) is 29.8 Å². The highest BCUT2D eigenvalue weighted by molar-refractivity contribution is 5.84. The van der Waals surface area contributed by atoms with Gasteiger partial charge in [-0.3, -0.25) is 4.79 Å². The van der Waals surface area contributed by atoms with Crippen molar-refractivity contribution in [1.29, 1.82) is 0 Å². The first-order chi connectivity index (χ1) is 14.2. The highest BCUT2D eigenvalue weighted by Crippen LogP contribution is 2.32. The van der Waals surface area contributed by atoms with Crippen molar-refractivity contribution in [3.05, 3.63) is 54.1 Å². The molecule has 8 nitrogen and oxygen atoms in total. The largest absolute Gasteiger partial charge is 0.454 e. The number of hydrogen-bond acceptors (Lipinski definition) is 5. The predicted molar refractivity (Wildman–Crippen MR) is 108 cm³/mol. The summed E-state index contributed by atoms with van der Waals surface area (Å²) in [5, 5.41) is 5.50. The summed E-state index contributed by atoms with van der Waals surface area (Å²) in [5.41, 5.74) is 2.07. The quantitative estimate of drug-likeness (QED) is 0.802. The van der Waals surface area contributed by atoms with Crippen LogP contribution in [0.3, 0.4) is 0 Å². The molecule has 2 aliphatic heterocycles. The van der Waals surface area contributed by atoms with Crippen LogP contribution in [0.25, 0.3) is 0 Å². The maximum atomic E-state index is 12.3. The van der Waals surface area contributed by atoms with Gasteiger partial charge in [-0.1, -0.05) is 24.3 Å². The molecule has 0 radical (unpaired) electrons.